The number of nitrogens with two attached hydrogens (primary N) is 1. The molecule has 1 aromatic carbocycles. The first kappa shape index (κ1) is 20.2. The summed E-state index contributed by atoms with van der Waals surface area (Å²) in [6, 6.07) is 6.92. The fourth-order valence-electron chi connectivity index (χ4n) is 2.11. The summed E-state index contributed by atoms with van der Waals surface area (Å²) in [6.07, 6.45) is -3.15. The summed E-state index contributed by atoms with van der Waals surface area (Å²) in [7, 11) is -3.89. The fraction of sp³-hybridized carbons (Fsp3) is 0.250. The van der Waals surface area contributed by atoms with Gasteiger partial charge in [-0.1, -0.05) is 12.1 Å². The minimum absolute atomic E-state index is 0.0312. The Bertz CT molecular complexity index is 900. The molecular formula is C16H15F3N2O3S2. The number of aromatic nitrogens is 1. The molecule has 0 aliphatic rings. The molecule has 2 N–H and O–H groups in total. The molecule has 0 saturated carbocycles. The fourth-order valence-corrected chi connectivity index (χ4v) is 4.80. The summed E-state index contributed by atoms with van der Waals surface area (Å²) in [4.78, 5) is 14.7. The minimum atomic E-state index is -4.61. The molecule has 0 saturated heterocycles. The molecule has 1 amide bonds. The van der Waals surface area contributed by atoms with E-state index in [0.29, 0.717) is 16.7 Å². The van der Waals surface area contributed by atoms with Crippen LogP contribution in [0.25, 0.3) is 0 Å². The molecule has 2 rings (SSSR count). The van der Waals surface area contributed by atoms with Crippen LogP contribution < -0.4 is 5.73 Å². The number of alkyl halides is 3. The van der Waals surface area contributed by atoms with E-state index in [2.05, 4.69) is 4.98 Å². The molecule has 26 heavy (non-hydrogen) atoms. The van der Waals surface area contributed by atoms with Gasteiger partial charge in [-0.15, -0.1) is 11.8 Å². The third-order valence-corrected chi connectivity index (χ3v) is 6.35. The van der Waals surface area contributed by atoms with E-state index >= 15 is 0 Å². The van der Waals surface area contributed by atoms with E-state index in [1.54, 1.807) is 12.1 Å². The van der Waals surface area contributed by atoms with Gasteiger partial charge >= 0.3 is 6.18 Å². The lowest BCUT2D eigenvalue weighted by Crippen LogP contribution is -2.15. The molecule has 0 unspecified atom stereocenters. The number of carbonyl (C=O) groups is 1. The molecular weight excluding hydrogens is 389 g/mol. The third kappa shape index (κ3) is 5.46. The topological polar surface area (TPSA) is 90.1 Å². The Morgan fingerprint density at radius 3 is 2.58 bits per heavy atom. The Hall–Kier alpha value is -2.07. The highest BCUT2D eigenvalue weighted by atomic mass is 32.2. The van der Waals surface area contributed by atoms with Gasteiger partial charge in [0.1, 0.15) is 0 Å². The maximum Gasteiger partial charge on any atom is 0.416 e. The monoisotopic (exact) mass is 404 g/mol. The lowest BCUT2D eigenvalue weighted by molar-refractivity contribution is -0.137. The number of amides is 1. The van der Waals surface area contributed by atoms with E-state index in [4.69, 9.17) is 5.73 Å². The first-order chi connectivity index (χ1) is 12.1. The maximum absolute atomic E-state index is 12.7. The summed E-state index contributed by atoms with van der Waals surface area (Å²) in [5.74, 6) is -0.844. The van der Waals surface area contributed by atoms with Crippen LogP contribution in [0, 0.1) is 0 Å². The quantitative estimate of drug-likeness (QED) is 0.717. The van der Waals surface area contributed by atoms with Gasteiger partial charge in [0, 0.05) is 11.9 Å². The van der Waals surface area contributed by atoms with E-state index in [-0.39, 0.29) is 22.8 Å². The standard InChI is InChI=1S/C16H15F3N2O3S2/c17-16(18,19)12-4-1-5-13(10-12)26(23,24)8-7-25-15-11(9-14(20)22)3-2-6-21-15/h1-6,10H,7-9H2,(H2,20,22). The van der Waals surface area contributed by atoms with Crippen molar-refractivity contribution in [2.75, 3.05) is 11.5 Å². The Kier molecular flexibility index (Phi) is 6.30. The van der Waals surface area contributed by atoms with Crippen LogP contribution in [-0.4, -0.2) is 30.8 Å². The van der Waals surface area contributed by atoms with Crippen molar-refractivity contribution in [3.63, 3.8) is 0 Å². The zero-order valence-corrected chi connectivity index (χ0v) is 15.0. The number of pyridine rings is 1. The zero-order valence-electron chi connectivity index (χ0n) is 13.4. The molecule has 0 spiro atoms. The van der Waals surface area contributed by atoms with Crippen LogP contribution in [0.15, 0.2) is 52.5 Å². The highest BCUT2D eigenvalue weighted by molar-refractivity contribution is 8.00. The molecule has 5 nitrogen and oxygen atoms in total. The van der Waals surface area contributed by atoms with Gasteiger partial charge < -0.3 is 5.73 Å². The summed E-state index contributed by atoms with van der Waals surface area (Å²) < 4.78 is 62.8. The molecule has 0 bridgehead atoms. The van der Waals surface area contributed by atoms with Crippen molar-refractivity contribution >= 4 is 27.5 Å². The number of rotatable bonds is 7. The van der Waals surface area contributed by atoms with Crippen LogP contribution in [0.4, 0.5) is 13.2 Å². The predicted octanol–water partition coefficient (Wildman–Crippen LogP) is 2.69. The first-order valence-electron chi connectivity index (χ1n) is 7.34. The van der Waals surface area contributed by atoms with Gasteiger partial charge in [-0.3, -0.25) is 4.79 Å². The smallest absolute Gasteiger partial charge is 0.369 e. The molecule has 0 aliphatic heterocycles. The molecule has 10 heteroatoms. The van der Waals surface area contributed by atoms with Crippen LogP contribution >= 0.6 is 11.8 Å². The second-order valence-electron chi connectivity index (χ2n) is 5.30. The van der Waals surface area contributed by atoms with Gasteiger partial charge in [0.2, 0.25) is 5.91 Å². The average Bonchev–Trinajstić information content (AvgIpc) is 2.55. The number of halogens is 3. The van der Waals surface area contributed by atoms with Crippen molar-refractivity contribution in [1.82, 2.24) is 4.98 Å². The second-order valence-corrected chi connectivity index (χ2v) is 8.50. The highest BCUT2D eigenvalue weighted by Crippen LogP contribution is 2.31. The van der Waals surface area contributed by atoms with E-state index in [1.807, 2.05) is 0 Å². The molecule has 0 fully saturated rings. The summed E-state index contributed by atoms with van der Waals surface area (Å²) >= 11 is 1.10. The molecule has 140 valence electrons. The SMILES string of the molecule is NC(=O)Cc1cccnc1SCCS(=O)(=O)c1cccc(C(F)(F)F)c1. The van der Waals surface area contributed by atoms with Crippen LogP contribution in [-0.2, 0) is 27.2 Å². The van der Waals surface area contributed by atoms with Gasteiger partial charge in [-0.05, 0) is 29.8 Å². The molecule has 0 radical (unpaired) electrons. The van der Waals surface area contributed by atoms with Gasteiger partial charge in [-0.2, -0.15) is 13.2 Å². The number of carbonyl (C=O) groups excluding carboxylic acids is 1. The Labute approximate surface area is 152 Å². The Morgan fingerprint density at radius 1 is 1.19 bits per heavy atom. The lowest BCUT2D eigenvalue weighted by Gasteiger charge is -2.10. The zero-order chi connectivity index (χ0) is 19.4. The predicted molar refractivity (Wildman–Crippen MR) is 91.4 cm³/mol. The molecule has 0 atom stereocenters. The van der Waals surface area contributed by atoms with Crippen molar-refractivity contribution in [2.45, 2.75) is 22.5 Å². The molecule has 1 aromatic heterocycles. The van der Waals surface area contributed by atoms with Crippen molar-refractivity contribution in [3.8, 4) is 0 Å². The highest BCUT2D eigenvalue weighted by Gasteiger charge is 2.31. The summed E-state index contributed by atoms with van der Waals surface area (Å²) in [5, 5.41) is 0.463. The summed E-state index contributed by atoms with van der Waals surface area (Å²) in [6.45, 7) is 0. The number of sulfone groups is 1. The van der Waals surface area contributed by atoms with Crippen LogP contribution in [0.3, 0.4) is 0 Å². The lowest BCUT2D eigenvalue weighted by atomic mass is 10.2. The largest absolute Gasteiger partial charge is 0.416 e. The van der Waals surface area contributed by atoms with Crippen molar-refractivity contribution in [1.29, 1.82) is 0 Å². The van der Waals surface area contributed by atoms with Gasteiger partial charge in [-0.25, -0.2) is 13.4 Å². The van der Waals surface area contributed by atoms with Crippen molar-refractivity contribution < 1.29 is 26.4 Å². The molecule has 0 aliphatic carbocycles. The van der Waals surface area contributed by atoms with E-state index in [9.17, 15) is 26.4 Å². The van der Waals surface area contributed by atoms with Gasteiger partial charge in [0.25, 0.3) is 0 Å². The van der Waals surface area contributed by atoms with E-state index < -0.39 is 27.5 Å². The van der Waals surface area contributed by atoms with E-state index in [1.165, 1.54) is 6.20 Å². The van der Waals surface area contributed by atoms with E-state index in [0.717, 1.165) is 30.0 Å². The normalized spacial score (nSPS) is 12.1. The Balaban J connectivity index is 2.09. The number of hydrogen-bond donors (Lipinski definition) is 1. The molecule has 2 aromatic rings. The number of nitrogens with zero attached hydrogens (tertiary/aromatic N) is 1. The summed E-state index contributed by atoms with van der Waals surface area (Å²) in [5.41, 5.74) is 4.71. The average molecular weight is 404 g/mol. The number of benzene rings is 1. The van der Waals surface area contributed by atoms with Crippen molar-refractivity contribution in [2.24, 2.45) is 5.73 Å². The van der Waals surface area contributed by atoms with Gasteiger partial charge in [0.15, 0.2) is 9.84 Å². The minimum Gasteiger partial charge on any atom is -0.369 e. The number of primary amides is 1. The van der Waals surface area contributed by atoms with Crippen molar-refractivity contribution in [3.05, 3.63) is 53.7 Å². The maximum atomic E-state index is 12.7. The number of hydrogen-bond acceptors (Lipinski definition) is 5. The number of thioether (sulfide) groups is 1. The van der Waals surface area contributed by atoms with Crippen LogP contribution in [0.2, 0.25) is 0 Å². The third-order valence-electron chi connectivity index (χ3n) is 3.33. The van der Waals surface area contributed by atoms with Crippen LogP contribution in [0.1, 0.15) is 11.1 Å². The van der Waals surface area contributed by atoms with Crippen LogP contribution in [0.5, 0.6) is 0 Å². The second kappa shape index (κ2) is 8.09. The first-order valence-corrected chi connectivity index (χ1v) is 9.98. The molecule has 1 heterocycles. The van der Waals surface area contributed by atoms with Gasteiger partial charge in [0.05, 0.1) is 27.7 Å². The Morgan fingerprint density at radius 2 is 1.92 bits per heavy atom.